The summed E-state index contributed by atoms with van der Waals surface area (Å²) >= 11 is 6.24. The second-order valence-corrected chi connectivity index (χ2v) is 6.41. The molecule has 1 saturated carbocycles. The van der Waals surface area contributed by atoms with E-state index in [2.05, 4.69) is 0 Å². The van der Waals surface area contributed by atoms with E-state index in [4.69, 9.17) is 16.3 Å². The van der Waals surface area contributed by atoms with E-state index in [1.807, 2.05) is 18.2 Å². The van der Waals surface area contributed by atoms with E-state index in [1.54, 1.807) is 7.11 Å². The minimum atomic E-state index is 0.205. The molecule has 0 amide bonds. The van der Waals surface area contributed by atoms with Crippen LogP contribution in [0.2, 0.25) is 5.02 Å². The largest absolute Gasteiger partial charge is 0.495 e. The Kier molecular flexibility index (Phi) is 2.21. The lowest BCUT2D eigenvalue weighted by Crippen LogP contribution is -2.23. The van der Waals surface area contributed by atoms with Crippen LogP contribution >= 0.6 is 11.6 Å². The molecule has 19 heavy (non-hydrogen) atoms. The Balaban J connectivity index is 1.92. The van der Waals surface area contributed by atoms with Gasteiger partial charge in [0, 0.05) is 11.3 Å². The summed E-state index contributed by atoms with van der Waals surface area (Å²) < 4.78 is 5.30. The van der Waals surface area contributed by atoms with Crippen LogP contribution in [0.1, 0.15) is 30.4 Å². The number of rotatable bonds is 1. The Morgan fingerprint density at radius 1 is 1.42 bits per heavy atom. The highest BCUT2D eigenvalue weighted by Crippen LogP contribution is 2.61. The summed E-state index contributed by atoms with van der Waals surface area (Å²) in [5, 5.41) is 0.631. The van der Waals surface area contributed by atoms with Gasteiger partial charge in [0.1, 0.15) is 5.75 Å². The standard InChI is InChI=1S/C16H15ClO2/c1-19-15-4-10-8-16-3-2-9(7-16)14(18)6-12(16)11(10)5-13(15)17/h4-6,9H,2-3,7-8H2,1H3/t9-,16+/m0/s1. The Morgan fingerprint density at radius 3 is 3.05 bits per heavy atom. The summed E-state index contributed by atoms with van der Waals surface area (Å²) in [7, 11) is 1.64. The predicted molar refractivity (Wildman–Crippen MR) is 74.5 cm³/mol. The van der Waals surface area contributed by atoms with Gasteiger partial charge in [0.05, 0.1) is 12.1 Å². The second kappa shape index (κ2) is 3.63. The normalized spacial score (nSPS) is 30.9. The molecule has 0 N–H and O–H groups in total. The first kappa shape index (κ1) is 11.5. The summed E-state index contributed by atoms with van der Waals surface area (Å²) in [5.41, 5.74) is 3.88. The van der Waals surface area contributed by atoms with Crippen LogP contribution in [0.3, 0.4) is 0 Å². The van der Waals surface area contributed by atoms with Crippen LogP contribution in [0.5, 0.6) is 5.75 Å². The van der Waals surface area contributed by atoms with Gasteiger partial charge < -0.3 is 4.74 Å². The lowest BCUT2D eigenvalue weighted by atomic mass is 9.74. The van der Waals surface area contributed by atoms with E-state index in [9.17, 15) is 4.79 Å². The van der Waals surface area contributed by atoms with Gasteiger partial charge >= 0.3 is 0 Å². The lowest BCUT2D eigenvalue weighted by molar-refractivity contribution is -0.118. The Labute approximate surface area is 117 Å². The number of carbonyl (C=O) groups excluding carboxylic acids is 1. The minimum absolute atomic E-state index is 0.205. The number of hydrogen-bond acceptors (Lipinski definition) is 2. The van der Waals surface area contributed by atoms with Crippen LogP contribution in [0.25, 0.3) is 5.57 Å². The molecule has 1 aromatic carbocycles. The second-order valence-electron chi connectivity index (χ2n) is 6.00. The molecule has 3 aliphatic rings. The maximum atomic E-state index is 12.1. The van der Waals surface area contributed by atoms with E-state index >= 15 is 0 Å². The molecule has 3 heteroatoms. The number of allylic oxidation sites excluding steroid dienone is 2. The summed E-state index contributed by atoms with van der Waals surface area (Å²) in [6.07, 6.45) is 6.11. The molecule has 2 nitrogen and oxygen atoms in total. The van der Waals surface area contributed by atoms with Crippen LogP contribution in [0, 0.1) is 11.3 Å². The van der Waals surface area contributed by atoms with Gasteiger partial charge in [0.25, 0.3) is 0 Å². The van der Waals surface area contributed by atoms with Crippen LogP contribution in [0.15, 0.2) is 18.2 Å². The average molecular weight is 275 g/mol. The van der Waals surface area contributed by atoms with Crippen molar-refractivity contribution in [3.8, 4) is 5.75 Å². The van der Waals surface area contributed by atoms with Gasteiger partial charge in [0.2, 0.25) is 0 Å². The Bertz CT molecular complexity index is 632. The SMILES string of the molecule is COc1cc2c(cc1Cl)C1=CC(=O)[C@H]3CC[C@]1(C2)C3. The molecule has 0 saturated heterocycles. The first-order chi connectivity index (χ1) is 9.13. The molecule has 0 unspecified atom stereocenters. The smallest absolute Gasteiger partial charge is 0.159 e. The number of fused-ring (bicyclic) bond motifs is 3. The Hall–Kier alpha value is -1.28. The van der Waals surface area contributed by atoms with E-state index in [1.165, 1.54) is 16.7 Å². The highest BCUT2D eigenvalue weighted by atomic mass is 35.5. The van der Waals surface area contributed by atoms with Crippen LogP contribution in [-0.2, 0) is 11.2 Å². The first-order valence-electron chi connectivity index (χ1n) is 6.76. The topological polar surface area (TPSA) is 26.3 Å². The van der Waals surface area contributed by atoms with Crippen molar-refractivity contribution in [1.82, 2.24) is 0 Å². The van der Waals surface area contributed by atoms with Gasteiger partial charge in [-0.3, -0.25) is 4.79 Å². The van der Waals surface area contributed by atoms with Gasteiger partial charge in [-0.2, -0.15) is 0 Å². The van der Waals surface area contributed by atoms with Gasteiger partial charge in [0.15, 0.2) is 5.78 Å². The molecule has 1 spiro atoms. The van der Waals surface area contributed by atoms with Crippen LogP contribution in [-0.4, -0.2) is 12.9 Å². The van der Waals surface area contributed by atoms with E-state index in [0.717, 1.165) is 31.4 Å². The molecule has 0 radical (unpaired) electrons. The monoisotopic (exact) mass is 274 g/mol. The van der Waals surface area contributed by atoms with E-state index < -0.39 is 0 Å². The highest BCUT2D eigenvalue weighted by Gasteiger charge is 2.51. The Morgan fingerprint density at radius 2 is 2.26 bits per heavy atom. The van der Waals surface area contributed by atoms with Crippen molar-refractivity contribution in [2.45, 2.75) is 25.7 Å². The number of ether oxygens (including phenoxy) is 1. The fraction of sp³-hybridized carbons (Fsp3) is 0.438. The summed E-state index contributed by atoms with van der Waals surface area (Å²) in [6.45, 7) is 0. The van der Waals surface area contributed by atoms with Crippen LogP contribution < -0.4 is 4.74 Å². The number of benzene rings is 1. The molecule has 0 aliphatic heterocycles. The fourth-order valence-electron chi connectivity index (χ4n) is 4.16. The van der Waals surface area contributed by atoms with Gasteiger partial charge in [-0.05, 0) is 60.6 Å². The van der Waals surface area contributed by atoms with Gasteiger partial charge in [-0.25, -0.2) is 0 Å². The van der Waals surface area contributed by atoms with Gasteiger partial charge in [-0.15, -0.1) is 0 Å². The molecule has 0 heterocycles. The number of halogens is 1. The molecular formula is C16H15ClO2. The van der Waals surface area contributed by atoms with Crippen molar-refractivity contribution in [2.75, 3.05) is 7.11 Å². The first-order valence-corrected chi connectivity index (χ1v) is 7.13. The molecule has 4 rings (SSSR count). The minimum Gasteiger partial charge on any atom is -0.495 e. The summed E-state index contributed by atoms with van der Waals surface area (Å²) in [4.78, 5) is 12.1. The molecule has 1 aromatic rings. The van der Waals surface area contributed by atoms with Crippen molar-refractivity contribution in [2.24, 2.45) is 11.3 Å². The third kappa shape index (κ3) is 1.41. The van der Waals surface area contributed by atoms with Crippen LogP contribution in [0.4, 0.5) is 0 Å². The summed E-state index contributed by atoms with van der Waals surface area (Å²) in [5.74, 6) is 1.30. The number of methoxy groups -OCH3 is 1. The zero-order chi connectivity index (χ0) is 13.2. The number of ketones is 1. The molecule has 2 atom stereocenters. The van der Waals surface area contributed by atoms with Gasteiger partial charge in [-0.1, -0.05) is 11.6 Å². The molecular weight excluding hydrogens is 260 g/mol. The maximum absolute atomic E-state index is 12.1. The molecule has 2 bridgehead atoms. The van der Waals surface area contributed by atoms with Crippen molar-refractivity contribution >= 4 is 23.0 Å². The molecule has 1 fully saturated rings. The quantitative estimate of drug-likeness (QED) is 0.781. The number of carbonyl (C=O) groups is 1. The average Bonchev–Trinajstić information content (AvgIpc) is 2.90. The predicted octanol–water partition coefficient (Wildman–Crippen LogP) is 3.66. The van der Waals surface area contributed by atoms with Crippen molar-refractivity contribution in [1.29, 1.82) is 0 Å². The molecule has 0 aromatic heterocycles. The van der Waals surface area contributed by atoms with Crippen molar-refractivity contribution in [3.05, 3.63) is 34.4 Å². The fourth-order valence-corrected chi connectivity index (χ4v) is 4.40. The third-order valence-electron chi connectivity index (χ3n) is 5.07. The zero-order valence-electron chi connectivity index (χ0n) is 10.8. The molecule has 3 aliphatic carbocycles. The van der Waals surface area contributed by atoms with E-state index in [-0.39, 0.29) is 11.3 Å². The molecule has 98 valence electrons. The highest BCUT2D eigenvalue weighted by molar-refractivity contribution is 6.32. The summed E-state index contributed by atoms with van der Waals surface area (Å²) in [6, 6.07) is 4.02. The number of hydrogen-bond donors (Lipinski definition) is 0. The van der Waals surface area contributed by atoms with E-state index in [0.29, 0.717) is 10.8 Å². The van der Waals surface area contributed by atoms with Crippen molar-refractivity contribution < 1.29 is 9.53 Å². The van der Waals surface area contributed by atoms with Crippen molar-refractivity contribution in [3.63, 3.8) is 0 Å². The maximum Gasteiger partial charge on any atom is 0.159 e. The zero-order valence-corrected chi connectivity index (χ0v) is 11.6. The third-order valence-corrected chi connectivity index (χ3v) is 5.36. The lowest BCUT2D eigenvalue weighted by Gasteiger charge is -2.28.